The van der Waals surface area contributed by atoms with Crippen molar-refractivity contribution in [3.63, 3.8) is 0 Å². The Morgan fingerprint density at radius 3 is 2.50 bits per heavy atom. The molecule has 2 N–H and O–H groups in total. The number of nitrogens with one attached hydrogen (secondary N) is 2. The minimum atomic E-state index is 0.0364. The summed E-state index contributed by atoms with van der Waals surface area (Å²) in [6.45, 7) is 1.30. The Balaban J connectivity index is 1.61. The summed E-state index contributed by atoms with van der Waals surface area (Å²) in [6.07, 6.45) is 12.0. The first-order chi connectivity index (χ1) is 9.74. The molecule has 0 unspecified atom stereocenters. The molecule has 2 saturated carbocycles. The van der Waals surface area contributed by atoms with E-state index in [9.17, 15) is 4.79 Å². The quantitative estimate of drug-likeness (QED) is 0.705. The summed E-state index contributed by atoms with van der Waals surface area (Å²) in [5.74, 6) is 0.163. The van der Waals surface area contributed by atoms with Crippen LogP contribution in [0, 0.1) is 0 Å². The average molecular weight is 282 g/mol. The molecular formula is C16H30N2O2. The number of carbonyl (C=O) groups is 1. The van der Waals surface area contributed by atoms with Crippen LogP contribution in [0.4, 0.5) is 0 Å². The van der Waals surface area contributed by atoms with Crippen molar-refractivity contribution in [3.8, 4) is 0 Å². The van der Waals surface area contributed by atoms with Gasteiger partial charge >= 0.3 is 0 Å². The summed E-state index contributed by atoms with van der Waals surface area (Å²) < 4.78 is 5.76. The average Bonchev–Trinajstić information content (AvgIpc) is 2.98. The highest BCUT2D eigenvalue weighted by atomic mass is 16.5. The highest BCUT2D eigenvalue weighted by Crippen LogP contribution is 2.30. The lowest BCUT2D eigenvalue weighted by Crippen LogP contribution is -2.48. The van der Waals surface area contributed by atoms with Crippen molar-refractivity contribution in [2.45, 2.75) is 75.9 Å². The van der Waals surface area contributed by atoms with Crippen LogP contribution in [0.2, 0.25) is 0 Å². The van der Waals surface area contributed by atoms with Gasteiger partial charge in [-0.15, -0.1) is 0 Å². The lowest BCUT2D eigenvalue weighted by atomic mass is 9.79. The summed E-state index contributed by atoms with van der Waals surface area (Å²) >= 11 is 0. The molecule has 0 atom stereocenters. The van der Waals surface area contributed by atoms with Gasteiger partial charge in [-0.05, 0) is 32.7 Å². The van der Waals surface area contributed by atoms with Crippen molar-refractivity contribution in [3.05, 3.63) is 0 Å². The molecule has 116 valence electrons. The van der Waals surface area contributed by atoms with Gasteiger partial charge in [-0.2, -0.15) is 0 Å². The van der Waals surface area contributed by atoms with Crippen molar-refractivity contribution in [2.75, 3.05) is 20.2 Å². The van der Waals surface area contributed by atoms with Crippen molar-refractivity contribution in [1.29, 1.82) is 0 Å². The van der Waals surface area contributed by atoms with E-state index in [1.165, 1.54) is 44.9 Å². The maximum atomic E-state index is 12.1. The molecular weight excluding hydrogens is 252 g/mol. The SMILES string of the molecule is CNC1(CC(=O)NCCOC2CCCC2)CCCCC1. The topological polar surface area (TPSA) is 50.4 Å². The fourth-order valence-electron chi connectivity index (χ4n) is 3.58. The third-order valence-electron chi connectivity index (χ3n) is 4.92. The number of ether oxygens (including phenoxy) is 1. The second-order valence-electron chi connectivity index (χ2n) is 6.39. The minimum absolute atomic E-state index is 0.0364. The first kappa shape index (κ1) is 15.8. The van der Waals surface area contributed by atoms with E-state index in [0.29, 0.717) is 25.7 Å². The molecule has 2 fully saturated rings. The molecule has 2 aliphatic rings. The Bertz CT molecular complexity index is 295. The van der Waals surface area contributed by atoms with E-state index < -0.39 is 0 Å². The highest BCUT2D eigenvalue weighted by Gasteiger charge is 2.32. The van der Waals surface area contributed by atoms with Gasteiger partial charge in [0.2, 0.25) is 5.91 Å². The van der Waals surface area contributed by atoms with Crippen molar-refractivity contribution >= 4 is 5.91 Å². The third-order valence-corrected chi connectivity index (χ3v) is 4.92. The Morgan fingerprint density at radius 2 is 1.85 bits per heavy atom. The Labute approximate surface area is 123 Å². The maximum Gasteiger partial charge on any atom is 0.221 e. The first-order valence-corrected chi connectivity index (χ1v) is 8.31. The number of carbonyl (C=O) groups excluding carboxylic acids is 1. The smallest absolute Gasteiger partial charge is 0.221 e. The van der Waals surface area contributed by atoms with Crippen LogP contribution in [0.1, 0.15) is 64.2 Å². The van der Waals surface area contributed by atoms with Gasteiger partial charge in [0.05, 0.1) is 12.7 Å². The van der Waals surface area contributed by atoms with E-state index in [1.54, 1.807) is 0 Å². The standard InChI is InChI=1S/C16H30N2O2/c1-17-16(9-5-2-6-10-16)13-15(19)18-11-12-20-14-7-3-4-8-14/h14,17H,2-13H2,1H3,(H,18,19). The van der Waals surface area contributed by atoms with Gasteiger partial charge in [-0.25, -0.2) is 0 Å². The van der Waals surface area contributed by atoms with Crippen molar-refractivity contribution in [1.82, 2.24) is 10.6 Å². The van der Waals surface area contributed by atoms with E-state index in [4.69, 9.17) is 4.74 Å². The molecule has 2 aliphatic carbocycles. The largest absolute Gasteiger partial charge is 0.376 e. The molecule has 0 bridgehead atoms. The predicted octanol–water partition coefficient (Wildman–Crippen LogP) is 2.37. The van der Waals surface area contributed by atoms with Gasteiger partial charge in [0.15, 0.2) is 0 Å². The van der Waals surface area contributed by atoms with Crippen LogP contribution in [0.15, 0.2) is 0 Å². The third kappa shape index (κ3) is 4.74. The summed E-state index contributed by atoms with van der Waals surface area (Å²) in [6, 6.07) is 0. The molecule has 0 spiro atoms. The number of hydrogen-bond acceptors (Lipinski definition) is 3. The fourth-order valence-corrected chi connectivity index (χ4v) is 3.58. The summed E-state index contributed by atoms with van der Waals surface area (Å²) in [5, 5.41) is 6.40. The van der Waals surface area contributed by atoms with Crippen LogP contribution < -0.4 is 10.6 Å². The molecule has 1 amide bonds. The van der Waals surface area contributed by atoms with E-state index in [-0.39, 0.29) is 11.4 Å². The monoisotopic (exact) mass is 282 g/mol. The number of hydrogen-bond donors (Lipinski definition) is 2. The molecule has 4 heteroatoms. The molecule has 0 aromatic carbocycles. The zero-order chi connectivity index (χ0) is 14.3. The molecule has 2 rings (SSSR count). The first-order valence-electron chi connectivity index (χ1n) is 8.31. The number of amides is 1. The van der Waals surface area contributed by atoms with E-state index in [1.807, 2.05) is 7.05 Å². The van der Waals surface area contributed by atoms with Crippen LogP contribution in [0.25, 0.3) is 0 Å². The van der Waals surface area contributed by atoms with Crippen molar-refractivity contribution in [2.24, 2.45) is 0 Å². The second kappa shape index (κ2) is 7.99. The zero-order valence-electron chi connectivity index (χ0n) is 12.9. The van der Waals surface area contributed by atoms with Gasteiger partial charge in [0.1, 0.15) is 0 Å². The Morgan fingerprint density at radius 1 is 1.15 bits per heavy atom. The van der Waals surface area contributed by atoms with E-state index in [0.717, 1.165) is 12.8 Å². The van der Waals surface area contributed by atoms with Gasteiger partial charge < -0.3 is 15.4 Å². The van der Waals surface area contributed by atoms with Gasteiger partial charge in [0, 0.05) is 18.5 Å². The normalized spacial score (nSPS) is 22.9. The van der Waals surface area contributed by atoms with Crippen molar-refractivity contribution < 1.29 is 9.53 Å². The Kier molecular flexibility index (Phi) is 6.30. The van der Waals surface area contributed by atoms with E-state index >= 15 is 0 Å². The van der Waals surface area contributed by atoms with Gasteiger partial charge in [-0.1, -0.05) is 32.1 Å². The molecule has 0 saturated heterocycles. The Hall–Kier alpha value is -0.610. The summed E-state index contributed by atoms with van der Waals surface area (Å²) in [5.41, 5.74) is 0.0364. The fraction of sp³-hybridized carbons (Fsp3) is 0.938. The van der Waals surface area contributed by atoms with Crippen LogP contribution in [0.5, 0.6) is 0 Å². The van der Waals surface area contributed by atoms with Crippen LogP contribution >= 0.6 is 0 Å². The lowest BCUT2D eigenvalue weighted by Gasteiger charge is -2.36. The zero-order valence-corrected chi connectivity index (χ0v) is 12.9. The molecule has 0 aliphatic heterocycles. The molecule has 0 radical (unpaired) electrons. The summed E-state index contributed by atoms with van der Waals surface area (Å²) in [7, 11) is 1.99. The molecule has 4 nitrogen and oxygen atoms in total. The molecule has 0 aromatic rings. The van der Waals surface area contributed by atoms with Gasteiger partial charge in [-0.3, -0.25) is 4.79 Å². The molecule has 20 heavy (non-hydrogen) atoms. The highest BCUT2D eigenvalue weighted by molar-refractivity contribution is 5.77. The summed E-state index contributed by atoms with van der Waals surface area (Å²) in [4.78, 5) is 12.1. The van der Waals surface area contributed by atoms with Crippen LogP contribution in [0.3, 0.4) is 0 Å². The van der Waals surface area contributed by atoms with E-state index in [2.05, 4.69) is 10.6 Å². The van der Waals surface area contributed by atoms with Crippen LogP contribution in [-0.2, 0) is 9.53 Å². The van der Waals surface area contributed by atoms with Crippen LogP contribution in [-0.4, -0.2) is 37.7 Å². The maximum absolute atomic E-state index is 12.1. The van der Waals surface area contributed by atoms with Gasteiger partial charge in [0.25, 0.3) is 0 Å². The second-order valence-corrected chi connectivity index (χ2v) is 6.39. The number of rotatable bonds is 7. The molecule has 0 heterocycles. The molecule has 0 aromatic heterocycles. The predicted molar refractivity (Wildman–Crippen MR) is 80.7 cm³/mol. The minimum Gasteiger partial charge on any atom is -0.376 e. The lowest BCUT2D eigenvalue weighted by molar-refractivity contribution is -0.123.